The van der Waals surface area contributed by atoms with Crippen molar-refractivity contribution < 1.29 is 9.84 Å². The number of rotatable bonds is 4. The minimum Gasteiger partial charge on any atom is -0.497 e. The van der Waals surface area contributed by atoms with Crippen molar-refractivity contribution in [3.8, 4) is 5.75 Å². The maximum Gasteiger partial charge on any atom is 0.118 e. The van der Waals surface area contributed by atoms with Gasteiger partial charge >= 0.3 is 0 Å². The van der Waals surface area contributed by atoms with E-state index in [9.17, 15) is 5.11 Å². The van der Waals surface area contributed by atoms with E-state index in [-0.39, 0.29) is 18.4 Å². The summed E-state index contributed by atoms with van der Waals surface area (Å²) in [5, 5.41) is 10.1. The Morgan fingerprint density at radius 1 is 1.29 bits per heavy atom. The van der Waals surface area contributed by atoms with E-state index in [4.69, 9.17) is 10.5 Å². The molecule has 3 N–H and O–H groups in total. The summed E-state index contributed by atoms with van der Waals surface area (Å²) in [4.78, 5) is 0. The summed E-state index contributed by atoms with van der Waals surface area (Å²) in [5.74, 6) is 1.20. The van der Waals surface area contributed by atoms with Crippen molar-refractivity contribution >= 4 is 12.4 Å². The van der Waals surface area contributed by atoms with Crippen LogP contribution in [0.4, 0.5) is 0 Å². The Morgan fingerprint density at radius 2 is 1.88 bits per heavy atom. The zero-order valence-corrected chi connectivity index (χ0v) is 10.8. The lowest BCUT2D eigenvalue weighted by Crippen LogP contribution is -2.36. The number of aliphatic hydroxyl groups is 1. The van der Waals surface area contributed by atoms with Crippen LogP contribution in [0.1, 0.15) is 30.9 Å². The van der Waals surface area contributed by atoms with E-state index in [1.807, 2.05) is 24.3 Å². The fourth-order valence-electron chi connectivity index (χ4n) is 2.10. The number of aliphatic hydroxyl groups excluding tert-OH is 1. The number of methoxy groups -OCH3 is 1. The first kappa shape index (κ1) is 14.3. The van der Waals surface area contributed by atoms with Crippen molar-refractivity contribution in [3.63, 3.8) is 0 Å². The lowest BCUT2D eigenvalue weighted by atomic mass is 9.77. The second-order valence-corrected chi connectivity index (χ2v) is 4.48. The molecule has 96 valence electrons. The monoisotopic (exact) mass is 257 g/mol. The fraction of sp³-hybridized carbons (Fsp3) is 0.538. The molecule has 0 heterocycles. The minimum absolute atomic E-state index is 0. The van der Waals surface area contributed by atoms with Crippen LogP contribution in [0.2, 0.25) is 0 Å². The molecule has 1 aromatic rings. The van der Waals surface area contributed by atoms with Crippen molar-refractivity contribution in [1.82, 2.24) is 0 Å². The maximum atomic E-state index is 10.1. The molecular weight excluding hydrogens is 238 g/mol. The molecule has 3 nitrogen and oxygen atoms in total. The van der Waals surface area contributed by atoms with Gasteiger partial charge in [-0.15, -0.1) is 12.4 Å². The average Bonchev–Trinajstić information content (AvgIpc) is 2.26. The Kier molecular flexibility index (Phi) is 5.25. The molecule has 1 aromatic carbocycles. The van der Waals surface area contributed by atoms with Crippen LogP contribution in [0.5, 0.6) is 5.75 Å². The van der Waals surface area contributed by atoms with Crippen LogP contribution in [-0.2, 0) is 0 Å². The average molecular weight is 258 g/mol. The minimum atomic E-state index is -0.415. The molecule has 1 aliphatic rings. The largest absolute Gasteiger partial charge is 0.497 e. The van der Waals surface area contributed by atoms with Gasteiger partial charge in [0.25, 0.3) is 0 Å². The summed E-state index contributed by atoms with van der Waals surface area (Å²) in [6, 6.07) is 7.32. The topological polar surface area (TPSA) is 55.5 Å². The van der Waals surface area contributed by atoms with Crippen molar-refractivity contribution in [2.45, 2.75) is 31.4 Å². The van der Waals surface area contributed by atoms with E-state index < -0.39 is 6.10 Å². The third-order valence-electron chi connectivity index (χ3n) is 3.50. The van der Waals surface area contributed by atoms with E-state index in [1.165, 1.54) is 6.42 Å². The van der Waals surface area contributed by atoms with Crippen LogP contribution in [0.3, 0.4) is 0 Å². The van der Waals surface area contributed by atoms with Gasteiger partial charge in [-0.3, -0.25) is 0 Å². The lowest BCUT2D eigenvalue weighted by molar-refractivity contribution is 0.0413. The number of halogens is 1. The van der Waals surface area contributed by atoms with E-state index >= 15 is 0 Å². The zero-order valence-electron chi connectivity index (χ0n) is 10.0. The molecule has 1 fully saturated rings. The van der Waals surface area contributed by atoms with Gasteiger partial charge in [0.15, 0.2) is 0 Å². The maximum absolute atomic E-state index is 10.1. The molecule has 4 heteroatoms. The van der Waals surface area contributed by atoms with Gasteiger partial charge in [0.05, 0.1) is 19.3 Å². The Balaban J connectivity index is 0.00000144. The molecular formula is C13H20ClNO2. The number of hydrogen-bond donors (Lipinski definition) is 2. The highest BCUT2D eigenvalue weighted by Crippen LogP contribution is 2.34. The van der Waals surface area contributed by atoms with Crippen molar-refractivity contribution in [2.24, 2.45) is 11.7 Å². The van der Waals surface area contributed by atoms with Crippen molar-refractivity contribution in [1.29, 1.82) is 0 Å². The van der Waals surface area contributed by atoms with Crippen LogP contribution in [0, 0.1) is 5.92 Å². The Morgan fingerprint density at radius 3 is 2.29 bits per heavy atom. The second kappa shape index (κ2) is 6.24. The quantitative estimate of drug-likeness (QED) is 0.870. The van der Waals surface area contributed by atoms with Gasteiger partial charge in [-0.05, 0) is 36.5 Å². The molecule has 1 aliphatic carbocycles. The number of nitrogens with two attached hydrogens (primary N) is 1. The standard InChI is InChI=1S/C13H19NO2.ClH/c1-16-11-7-5-9(6-8-11)12(14)13(15)10-3-2-4-10;/h5-8,10,12-13,15H,2-4,14H2,1H3;1H/t12-,13+;/m1./s1. The lowest BCUT2D eigenvalue weighted by Gasteiger charge is -2.33. The summed E-state index contributed by atoms with van der Waals surface area (Å²) >= 11 is 0. The predicted molar refractivity (Wildman–Crippen MR) is 70.5 cm³/mol. The molecule has 0 bridgehead atoms. The highest BCUT2D eigenvalue weighted by molar-refractivity contribution is 5.85. The molecule has 0 unspecified atom stereocenters. The van der Waals surface area contributed by atoms with E-state index in [0.29, 0.717) is 5.92 Å². The molecule has 17 heavy (non-hydrogen) atoms. The third-order valence-corrected chi connectivity index (χ3v) is 3.50. The molecule has 0 aromatic heterocycles. The molecule has 0 spiro atoms. The first-order valence-electron chi connectivity index (χ1n) is 5.80. The van der Waals surface area contributed by atoms with Crippen molar-refractivity contribution in [2.75, 3.05) is 7.11 Å². The highest BCUT2D eigenvalue weighted by Gasteiger charge is 2.30. The Labute approximate surface area is 108 Å². The number of benzene rings is 1. The molecule has 0 aliphatic heterocycles. The van der Waals surface area contributed by atoms with Crippen LogP contribution in [0.15, 0.2) is 24.3 Å². The van der Waals surface area contributed by atoms with Crippen LogP contribution in [0.25, 0.3) is 0 Å². The Bertz CT molecular complexity index is 338. The number of ether oxygens (including phenoxy) is 1. The summed E-state index contributed by atoms with van der Waals surface area (Å²) in [7, 11) is 1.64. The highest BCUT2D eigenvalue weighted by atomic mass is 35.5. The zero-order chi connectivity index (χ0) is 11.5. The van der Waals surface area contributed by atoms with Gasteiger partial charge in [0.1, 0.15) is 5.75 Å². The van der Waals surface area contributed by atoms with E-state index in [0.717, 1.165) is 24.2 Å². The third kappa shape index (κ3) is 3.12. The molecule has 0 saturated heterocycles. The predicted octanol–water partition coefficient (Wildman–Crippen LogP) is 2.28. The smallest absolute Gasteiger partial charge is 0.118 e. The summed E-state index contributed by atoms with van der Waals surface area (Å²) in [6.45, 7) is 0. The molecule has 2 atom stereocenters. The molecule has 0 amide bonds. The normalized spacial score (nSPS) is 18.8. The van der Waals surface area contributed by atoms with Crippen LogP contribution in [-0.4, -0.2) is 18.3 Å². The van der Waals surface area contributed by atoms with E-state index in [1.54, 1.807) is 7.11 Å². The van der Waals surface area contributed by atoms with Gasteiger partial charge in [-0.25, -0.2) is 0 Å². The van der Waals surface area contributed by atoms with Crippen LogP contribution >= 0.6 is 12.4 Å². The van der Waals surface area contributed by atoms with Gasteiger partial charge in [0.2, 0.25) is 0 Å². The van der Waals surface area contributed by atoms with Crippen LogP contribution < -0.4 is 10.5 Å². The van der Waals surface area contributed by atoms with Gasteiger partial charge in [-0.2, -0.15) is 0 Å². The second-order valence-electron chi connectivity index (χ2n) is 4.48. The first-order chi connectivity index (χ1) is 7.72. The van der Waals surface area contributed by atoms with Gasteiger partial charge in [-0.1, -0.05) is 18.6 Å². The summed E-state index contributed by atoms with van der Waals surface area (Å²) in [6.07, 6.45) is 3.01. The molecule has 0 radical (unpaired) electrons. The van der Waals surface area contributed by atoms with E-state index in [2.05, 4.69) is 0 Å². The van der Waals surface area contributed by atoms with Crippen molar-refractivity contribution in [3.05, 3.63) is 29.8 Å². The first-order valence-corrected chi connectivity index (χ1v) is 5.80. The SMILES string of the molecule is COc1ccc([C@@H](N)[C@@H](O)C2CCC2)cc1.Cl. The molecule has 2 rings (SSSR count). The Hall–Kier alpha value is -0.770. The van der Waals surface area contributed by atoms with Gasteiger partial charge in [0, 0.05) is 0 Å². The number of hydrogen-bond acceptors (Lipinski definition) is 3. The summed E-state index contributed by atoms with van der Waals surface area (Å²) in [5.41, 5.74) is 7.02. The van der Waals surface area contributed by atoms with Gasteiger partial charge < -0.3 is 15.6 Å². The summed E-state index contributed by atoms with van der Waals surface area (Å²) < 4.78 is 5.09. The molecule has 1 saturated carbocycles. The fourth-order valence-corrected chi connectivity index (χ4v) is 2.10.